The fourth-order valence-corrected chi connectivity index (χ4v) is 1.89. The Morgan fingerprint density at radius 2 is 2.06 bits per heavy atom. The highest BCUT2D eigenvalue weighted by Crippen LogP contribution is 2.42. The van der Waals surface area contributed by atoms with Crippen molar-refractivity contribution in [3.05, 3.63) is 29.6 Å². The number of hydrogen-bond donors (Lipinski definition) is 1. The van der Waals surface area contributed by atoms with Gasteiger partial charge in [-0.3, -0.25) is 4.98 Å². The van der Waals surface area contributed by atoms with Crippen LogP contribution in [-0.4, -0.2) is 11.5 Å². The van der Waals surface area contributed by atoms with E-state index in [2.05, 4.69) is 4.98 Å². The molecule has 0 radical (unpaired) electrons. The van der Waals surface area contributed by atoms with Gasteiger partial charge in [-0.25, -0.2) is 0 Å². The highest BCUT2D eigenvalue weighted by Gasteiger charge is 2.34. The maximum absolute atomic E-state index is 12.3. The van der Waals surface area contributed by atoms with Gasteiger partial charge >= 0.3 is 6.18 Å². The second-order valence-corrected chi connectivity index (χ2v) is 4.15. The molecule has 1 aromatic heterocycles. The van der Waals surface area contributed by atoms with Crippen molar-refractivity contribution >= 4 is 0 Å². The molecular formula is C11H13F3N2. The number of nitrogens with two attached hydrogens (primary N) is 1. The van der Waals surface area contributed by atoms with Gasteiger partial charge in [-0.1, -0.05) is 6.07 Å². The van der Waals surface area contributed by atoms with Crippen LogP contribution in [0.25, 0.3) is 0 Å². The van der Waals surface area contributed by atoms with Gasteiger partial charge < -0.3 is 5.73 Å². The van der Waals surface area contributed by atoms with Crippen LogP contribution in [0.4, 0.5) is 13.2 Å². The van der Waals surface area contributed by atoms with Gasteiger partial charge in [0.1, 0.15) is 5.69 Å². The molecule has 1 aromatic rings. The van der Waals surface area contributed by atoms with Gasteiger partial charge in [-0.2, -0.15) is 13.2 Å². The van der Waals surface area contributed by atoms with Gasteiger partial charge in [-0.05, 0) is 36.9 Å². The number of nitrogens with zero attached hydrogens (tertiary/aromatic N) is 1. The summed E-state index contributed by atoms with van der Waals surface area (Å²) in [7, 11) is 0. The number of hydrogen-bond acceptors (Lipinski definition) is 2. The maximum Gasteiger partial charge on any atom is 0.433 e. The molecule has 2 rings (SSSR count). The van der Waals surface area contributed by atoms with Crippen LogP contribution in [0.1, 0.15) is 30.0 Å². The monoisotopic (exact) mass is 230 g/mol. The molecule has 0 aromatic carbocycles. The number of pyridine rings is 1. The van der Waals surface area contributed by atoms with Crippen molar-refractivity contribution in [2.24, 2.45) is 11.7 Å². The van der Waals surface area contributed by atoms with Gasteiger partial charge in [0.25, 0.3) is 0 Å². The predicted molar refractivity (Wildman–Crippen MR) is 53.8 cm³/mol. The minimum Gasteiger partial charge on any atom is -0.330 e. The second-order valence-electron chi connectivity index (χ2n) is 4.15. The van der Waals surface area contributed by atoms with E-state index in [9.17, 15) is 13.2 Å². The molecule has 1 saturated carbocycles. The summed E-state index contributed by atoms with van der Waals surface area (Å²) in [5, 5.41) is 0. The van der Waals surface area contributed by atoms with E-state index >= 15 is 0 Å². The van der Waals surface area contributed by atoms with Crippen molar-refractivity contribution < 1.29 is 13.2 Å². The van der Waals surface area contributed by atoms with Crippen LogP contribution in [0.3, 0.4) is 0 Å². The third-order valence-electron chi connectivity index (χ3n) is 2.95. The predicted octanol–water partition coefficient (Wildman–Crippen LogP) is 2.55. The molecule has 1 atom stereocenters. The average molecular weight is 230 g/mol. The van der Waals surface area contributed by atoms with Crippen LogP contribution in [0.5, 0.6) is 0 Å². The standard InChI is InChI=1S/C11H13F3N2/c12-11(13,14)10-4-3-8(6-16-10)9(5-15)7-1-2-7/h3-4,6-7,9H,1-2,5,15H2/t9-/m0/s1. The Bertz CT molecular complexity index is 354. The van der Waals surface area contributed by atoms with Crippen LogP contribution in [0, 0.1) is 5.92 Å². The largest absolute Gasteiger partial charge is 0.433 e. The van der Waals surface area contributed by atoms with Crippen molar-refractivity contribution in [1.29, 1.82) is 0 Å². The highest BCUT2D eigenvalue weighted by molar-refractivity contribution is 5.22. The number of alkyl halides is 3. The molecule has 1 aliphatic carbocycles. The quantitative estimate of drug-likeness (QED) is 0.866. The van der Waals surface area contributed by atoms with Crippen molar-refractivity contribution in [2.75, 3.05) is 6.54 Å². The first-order chi connectivity index (χ1) is 7.52. The van der Waals surface area contributed by atoms with Crippen LogP contribution in [0.15, 0.2) is 18.3 Å². The fraction of sp³-hybridized carbons (Fsp3) is 0.545. The summed E-state index contributed by atoms with van der Waals surface area (Å²) in [4.78, 5) is 3.45. The van der Waals surface area contributed by atoms with Crippen LogP contribution in [-0.2, 0) is 6.18 Å². The highest BCUT2D eigenvalue weighted by atomic mass is 19.4. The molecule has 88 valence electrons. The maximum atomic E-state index is 12.3. The lowest BCUT2D eigenvalue weighted by atomic mass is 9.96. The van der Waals surface area contributed by atoms with Gasteiger partial charge in [0.2, 0.25) is 0 Å². The Morgan fingerprint density at radius 1 is 1.38 bits per heavy atom. The summed E-state index contributed by atoms with van der Waals surface area (Å²) in [5.41, 5.74) is 5.59. The molecule has 0 aliphatic heterocycles. The summed E-state index contributed by atoms with van der Waals surface area (Å²) in [6.07, 6.45) is -0.833. The summed E-state index contributed by atoms with van der Waals surface area (Å²) in [5.74, 6) is 0.693. The Hall–Kier alpha value is -1.10. The Morgan fingerprint density at radius 3 is 2.44 bits per heavy atom. The fourth-order valence-electron chi connectivity index (χ4n) is 1.89. The van der Waals surface area contributed by atoms with E-state index in [1.807, 2.05) is 0 Å². The minimum atomic E-state index is -4.36. The third-order valence-corrected chi connectivity index (χ3v) is 2.95. The summed E-state index contributed by atoms with van der Waals surface area (Å²) < 4.78 is 36.9. The first-order valence-electron chi connectivity index (χ1n) is 5.25. The molecule has 16 heavy (non-hydrogen) atoms. The van der Waals surface area contributed by atoms with E-state index in [-0.39, 0.29) is 5.92 Å². The van der Waals surface area contributed by atoms with Gasteiger partial charge in [-0.15, -0.1) is 0 Å². The number of rotatable bonds is 3. The number of aromatic nitrogens is 1. The van der Waals surface area contributed by atoms with Crippen LogP contribution < -0.4 is 5.73 Å². The smallest absolute Gasteiger partial charge is 0.330 e. The SMILES string of the molecule is NC[C@H](c1ccc(C(F)(F)F)nc1)C1CC1. The van der Waals surface area contributed by atoms with Crippen molar-refractivity contribution in [2.45, 2.75) is 24.9 Å². The zero-order valence-electron chi connectivity index (χ0n) is 8.67. The average Bonchev–Trinajstić information content (AvgIpc) is 3.03. The topological polar surface area (TPSA) is 38.9 Å². The molecule has 0 spiro atoms. The molecule has 0 amide bonds. The Labute approximate surface area is 91.7 Å². The van der Waals surface area contributed by atoms with E-state index in [0.29, 0.717) is 12.5 Å². The normalized spacial score (nSPS) is 18.5. The third kappa shape index (κ3) is 2.35. The van der Waals surface area contributed by atoms with E-state index in [1.165, 1.54) is 12.3 Å². The molecule has 2 nitrogen and oxygen atoms in total. The zero-order valence-corrected chi connectivity index (χ0v) is 8.67. The van der Waals surface area contributed by atoms with Crippen molar-refractivity contribution in [1.82, 2.24) is 4.98 Å². The second kappa shape index (κ2) is 4.05. The van der Waals surface area contributed by atoms with E-state index in [4.69, 9.17) is 5.73 Å². The summed E-state index contributed by atoms with van der Waals surface area (Å²) in [6.45, 7) is 0.470. The molecule has 1 aliphatic rings. The van der Waals surface area contributed by atoms with Crippen molar-refractivity contribution in [3.8, 4) is 0 Å². The molecule has 1 fully saturated rings. The van der Waals surface area contributed by atoms with E-state index < -0.39 is 11.9 Å². The number of halogens is 3. The minimum absolute atomic E-state index is 0.162. The van der Waals surface area contributed by atoms with Crippen LogP contribution >= 0.6 is 0 Å². The van der Waals surface area contributed by atoms with Crippen molar-refractivity contribution in [3.63, 3.8) is 0 Å². The lowest BCUT2D eigenvalue weighted by Gasteiger charge is -2.14. The first-order valence-corrected chi connectivity index (χ1v) is 5.25. The molecule has 5 heteroatoms. The van der Waals surface area contributed by atoms with E-state index in [0.717, 1.165) is 24.5 Å². The Balaban J connectivity index is 2.18. The van der Waals surface area contributed by atoms with Gasteiger partial charge in [0, 0.05) is 12.1 Å². The summed E-state index contributed by atoms with van der Waals surface area (Å²) in [6, 6.07) is 2.52. The molecular weight excluding hydrogens is 217 g/mol. The van der Waals surface area contributed by atoms with E-state index in [1.54, 1.807) is 0 Å². The summed E-state index contributed by atoms with van der Waals surface area (Å²) >= 11 is 0. The van der Waals surface area contributed by atoms with Crippen LogP contribution in [0.2, 0.25) is 0 Å². The van der Waals surface area contributed by atoms with Gasteiger partial charge in [0.05, 0.1) is 0 Å². The molecule has 0 saturated heterocycles. The molecule has 2 N–H and O–H groups in total. The lowest BCUT2D eigenvalue weighted by molar-refractivity contribution is -0.141. The Kier molecular flexibility index (Phi) is 2.88. The zero-order chi connectivity index (χ0) is 11.8. The van der Waals surface area contributed by atoms with Gasteiger partial charge in [0.15, 0.2) is 0 Å². The first kappa shape index (κ1) is 11.4. The molecule has 0 bridgehead atoms. The molecule has 0 unspecified atom stereocenters. The lowest BCUT2D eigenvalue weighted by Crippen LogP contribution is -2.15. The molecule has 1 heterocycles.